The summed E-state index contributed by atoms with van der Waals surface area (Å²) in [6.45, 7) is 1.91. The molecule has 0 bridgehead atoms. The fourth-order valence-electron chi connectivity index (χ4n) is 2.74. The summed E-state index contributed by atoms with van der Waals surface area (Å²) in [6, 6.07) is 22.7. The minimum Gasteiger partial charge on any atom is -0.345 e. The first kappa shape index (κ1) is 19.5. The number of amides is 3. The topological polar surface area (TPSA) is 70.2 Å². The number of benzene rings is 3. The Bertz CT molecular complexity index is 976. The number of carbonyl (C=O) groups is 2. The van der Waals surface area contributed by atoms with Crippen LogP contribution in [0.2, 0.25) is 5.02 Å². The maximum absolute atomic E-state index is 12.7. The third-order valence-electron chi connectivity index (χ3n) is 4.15. The maximum atomic E-state index is 12.7. The summed E-state index contributed by atoms with van der Waals surface area (Å²) in [5, 5.41) is 8.89. The van der Waals surface area contributed by atoms with E-state index in [1.165, 1.54) is 0 Å². The number of halogens is 1. The van der Waals surface area contributed by atoms with Crippen LogP contribution in [0.4, 0.5) is 16.2 Å². The number of rotatable bonds is 5. The average Bonchev–Trinajstić information content (AvgIpc) is 2.69. The summed E-state index contributed by atoms with van der Waals surface area (Å²) in [5.41, 5.74) is 2.36. The van der Waals surface area contributed by atoms with E-state index in [0.717, 1.165) is 5.56 Å². The largest absolute Gasteiger partial charge is 0.345 e. The Morgan fingerprint density at radius 1 is 0.857 bits per heavy atom. The molecule has 0 aliphatic rings. The van der Waals surface area contributed by atoms with Crippen LogP contribution in [0, 0.1) is 0 Å². The van der Waals surface area contributed by atoms with Gasteiger partial charge in [-0.25, -0.2) is 4.79 Å². The number of hydrogen-bond donors (Lipinski definition) is 3. The molecule has 3 N–H and O–H groups in total. The number of carbonyl (C=O) groups excluding carboxylic acids is 2. The van der Waals surface area contributed by atoms with E-state index < -0.39 is 6.03 Å². The lowest BCUT2D eigenvalue weighted by atomic mass is 10.1. The van der Waals surface area contributed by atoms with Crippen LogP contribution in [0.5, 0.6) is 0 Å². The van der Waals surface area contributed by atoms with Gasteiger partial charge in [-0.3, -0.25) is 4.79 Å². The van der Waals surface area contributed by atoms with Crippen LogP contribution in [-0.2, 0) is 0 Å². The first-order valence-corrected chi connectivity index (χ1v) is 9.19. The molecule has 0 unspecified atom stereocenters. The van der Waals surface area contributed by atoms with Gasteiger partial charge in [0.15, 0.2) is 0 Å². The SMILES string of the molecule is C[C@H](NC(=O)c1ccccc1NC(=O)Nc1cccc(Cl)c1)c1ccccc1. The molecule has 0 spiro atoms. The number of urea groups is 1. The molecule has 0 aliphatic carbocycles. The van der Waals surface area contributed by atoms with E-state index in [4.69, 9.17) is 11.6 Å². The van der Waals surface area contributed by atoms with Gasteiger partial charge in [0, 0.05) is 10.7 Å². The fourth-order valence-corrected chi connectivity index (χ4v) is 2.93. The van der Waals surface area contributed by atoms with Crippen LogP contribution in [0.15, 0.2) is 78.9 Å². The van der Waals surface area contributed by atoms with Crippen LogP contribution in [0.25, 0.3) is 0 Å². The zero-order chi connectivity index (χ0) is 19.9. The summed E-state index contributed by atoms with van der Waals surface area (Å²) < 4.78 is 0. The van der Waals surface area contributed by atoms with Gasteiger partial charge in [0.1, 0.15) is 0 Å². The number of hydrogen-bond acceptors (Lipinski definition) is 2. The van der Waals surface area contributed by atoms with E-state index in [1.54, 1.807) is 48.5 Å². The highest BCUT2D eigenvalue weighted by molar-refractivity contribution is 6.30. The molecular weight excluding hydrogens is 374 g/mol. The molecular formula is C22H20ClN3O2. The predicted octanol–water partition coefficient (Wildman–Crippen LogP) is 5.48. The third kappa shape index (κ3) is 5.11. The molecule has 0 radical (unpaired) electrons. The molecule has 0 aliphatic heterocycles. The summed E-state index contributed by atoms with van der Waals surface area (Å²) in [4.78, 5) is 25.0. The molecule has 3 rings (SSSR count). The zero-order valence-electron chi connectivity index (χ0n) is 15.3. The Kier molecular flexibility index (Phi) is 6.29. The minimum absolute atomic E-state index is 0.165. The first-order valence-electron chi connectivity index (χ1n) is 8.81. The molecule has 3 aromatic carbocycles. The molecule has 28 heavy (non-hydrogen) atoms. The molecule has 5 nitrogen and oxygen atoms in total. The summed E-state index contributed by atoms with van der Waals surface area (Å²) in [7, 11) is 0. The highest BCUT2D eigenvalue weighted by atomic mass is 35.5. The fraction of sp³-hybridized carbons (Fsp3) is 0.0909. The van der Waals surface area contributed by atoms with Gasteiger partial charge < -0.3 is 16.0 Å². The summed E-state index contributed by atoms with van der Waals surface area (Å²) in [5.74, 6) is -0.269. The van der Waals surface area contributed by atoms with Crippen molar-refractivity contribution in [3.05, 3.63) is 95.0 Å². The molecule has 0 heterocycles. The van der Waals surface area contributed by atoms with E-state index in [2.05, 4.69) is 16.0 Å². The van der Waals surface area contributed by atoms with Gasteiger partial charge in [-0.05, 0) is 42.8 Å². The molecule has 6 heteroatoms. The molecule has 0 aromatic heterocycles. The molecule has 3 amide bonds. The number of para-hydroxylation sites is 1. The molecule has 3 aromatic rings. The molecule has 1 atom stereocenters. The van der Waals surface area contributed by atoms with Crippen LogP contribution in [0.1, 0.15) is 28.9 Å². The molecule has 0 fully saturated rings. The highest BCUT2D eigenvalue weighted by Gasteiger charge is 2.16. The van der Waals surface area contributed by atoms with E-state index in [0.29, 0.717) is 22.0 Å². The quantitative estimate of drug-likeness (QED) is 0.537. The standard InChI is InChI=1S/C22H20ClN3O2/c1-15(16-8-3-2-4-9-16)24-21(27)19-12-5-6-13-20(19)26-22(28)25-18-11-7-10-17(23)14-18/h2-15H,1H3,(H,24,27)(H2,25,26,28)/t15-/m0/s1. The molecule has 0 saturated heterocycles. The van der Waals surface area contributed by atoms with Crippen molar-refractivity contribution in [2.45, 2.75) is 13.0 Å². The second-order valence-corrected chi connectivity index (χ2v) is 6.68. The Morgan fingerprint density at radius 3 is 2.32 bits per heavy atom. The van der Waals surface area contributed by atoms with E-state index in [1.807, 2.05) is 37.3 Å². The van der Waals surface area contributed by atoms with Gasteiger partial charge in [0.2, 0.25) is 0 Å². The highest BCUT2D eigenvalue weighted by Crippen LogP contribution is 2.19. The van der Waals surface area contributed by atoms with Crippen LogP contribution in [-0.4, -0.2) is 11.9 Å². The normalized spacial score (nSPS) is 11.4. The Balaban J connectivity index is 1.70. The van der Waals surface area contributed by atoms with Gasteiger partial charge >= 0.3 is 6.03 Å². The van der Waals surface area contributed by atoms with Gasteiger partial charge in [0.25, 0.3) is 5.91 Å². The van der Waals surface area contributed by atoms with Crippen molar-refractivity contribution < 1.29 is 9.59 Å². The maximum Gasteiger partial charge on any atom is 0.323 e. The Hall–Kier alpha value is -3.31. The van der Waals surface area contributed by atoms with Crippen molar-refractivity contribution in [1.29, 1.82) is 0 Å². The summed E-state index contributed by atoms with van der Waals surface area (Å²) >= 11 is 5.93. The zero-order valence-corrected chi connectivity index (χ0v) is 16.0. The molecule has 0 saturated carbocycles. The molecule has 142 valence electrons. The van der Waals surface area contributed by atoms with Crippen LogP contribution in [0.3, 0.4) is 0 Å². The van der Waals surface area contributed by atoms with Crippen molar-refractivity contribution in [2.24, 2.45) is 0 Å². The van der Waals surface area contributed by atoms with Gasteiger partial charge in [-0.1, -0.05) is 60.1 Å². The first-order chi connectivity index (χ1) is 13.5. The van der Waals surface area contributed by atoms with Crippen molar-refractivity contribution in [3.63, 3.8) is 0 Å². The van der Waals surface area contributed by atoms with Gasteiger partial charge in [-0.15, -0.1) is 0 Å². The van der Waals surface area contributed by atoms with Crippen molar-refractivity contribution in [3.8, 4) is 0 Å². The van der Waals surface area contributed by atoms with Crippen LogP contribution >= 0.6 is 11.6 Å². The van der Waals surface area contributed by atoms with E-state index >= 15 is 0 Å². The smallest absolute Gasteiger partial charge is 0.323 e. The minimum atomic E-state index is -0.460. The predicted molar refractivity (Wildman–Crippen MR) is 113 cm³/mol. The third-order valence-corrected chi connectivity index (χ3v) is 4.38. The average molecular weight is 394 g/mol. The van der Waals surface area contributed by atoms with E-state index in [-0.39, 0.29) is 11.9 Å². The lowest BCUT2D eigenvalue weighted by molar-refractivity contribution is 0.0941. The van der Waals surface area contributed by atoms with Gasteiger partial charge in [0.05, 0.1) is 17.3 Å². The monoisotopic (exact) mass is 393 g/mol. The van der Waals surface area contributed by atoms with Crippen molar-refractivity contribution in [2.75, 3.05) is 10.6 Å². The van der Waals surface area contributed by atoms with E-state index in [9.17, 15) is 9.59 Å². The lowest BCUT2D eigenvalue weighted by Crippen LogP contribution is -2.28. The van der Waals surface area contributed by atoms with Gasteiger partial charge in [-0.2, -0.15) is 0 Å². The second-order valence-electron chi connectivity index (χ2n) is 6.24. The van der Waals surface area contributed by atoms with Crippen LogP contribution < -0.4 is 16.0 Å². The number of nitrogens with one attached hydrogen (secondary N) is 3. The second kappa shape index (κ2) is 9.06. The lowest BCUT2D eigenvalue weighted by Gasteiger charge is -2.16. The Labute approximate surface area is 168 Å². The van der Waals surface area contributed by atoms with Crippen molar-refractivity contribution >= 4 is 34.9 Å². The summed E-state index contributed by atoms with van der Waals surface area (Å²) in [6.07, 6.45) is 0. The Morgan fingerprint density at radius 2 is 1.57 bits per heavy atom. The number of anilines is 2. The van der Waals surface area contributed by atoms with Crippen molar-refractivity contribution in [1.82, 2.24) is 5.32 Å².